The SMILES string of the molecule is CCN(CCN)[C@H]1CCCC[C@@H]1N(C)C. The van der Waals surface area contributed by atoms with E-state index in [1.165, 1.54) is 25.7 Å². The standard InChI is InChI=1S/C12H27N3/c1-4-15(10-9-13)12-8-6-5-7-11(12)14(2)3/h11-12H,4-10,13H2,1-3H3/t11-,12-/m0/s1. The summed E-state index contributed by atoms with van der Waals surface area (Å²) in [5, 5.41) is 0. The highest BCUT2D eigenvalue weighted by Gasteiger charge is 2.30. The molecule has 0 spiro atoms. The van der Waals surface area contributed by atoms with Crippen molar-refractivity contribution in [3.05, 3.63) is 0 Å². The summed E-state index contributed by atoms with van der Waals surface area (Å²) in [4.78, 5) is 4.95. The molecule has 0 bridgehead atoms. The van der Waals surface area contributed by atoms with E-state index in [1.54, 1.807) is 0 Å². The van der Waals surface area contributed by atoms with Gasteiger partial charge in [-0.1, -0.05) is 19.8 Å². The van der Waals surface area contributed by atoms with Crippen LogP contribution in [0.25, 0.3) is 0 Å². The van der Waals surface area contributed by atoms with Crippen molar-refractivity contribution in [1.29, 1.82) is 0 Å². The zero-order chi connectivity index (χ0) is 11.3. The molecule has 1 aliphatic carbocycles. The number of nitrogens with two attached hydrogens (primary N) is 1. The zero-order valence-electron chi connectivity index (χ0n) is 10.6. The van der Waals surface area contributed by atoms with Crippen molar-refractivity contribution in [2.45, 2.75) is 44.7 Å². The van der Waals surface area contributed by atoms with E-state index in [9.17, 15) is 0 Å². The van der Waals surface area contributed by atoms with Gasteiger partial charge in [0.2, 0.25) is 0 Å². The van der Waals surface area contributed by atoms with E-state index in [0.29, 0.717) is 0 Å². The fourth-order valence-electron chi connectivity index (χ4n) is 2.84. The van der Waals surface area contributed by atoms with E-state index in [4.69, 9.17) is 5.73 Å². The van der Waals surface area contributed by atoms with Crippen LogP contribution in [-0.4, -0.2) is 55.6 Å². The monoisotopic (exact) mass is 213 g/mol. The van der Waals surface area contributed by atoms with Crippen molar-refractivity contribution >= 4 is 0 Å². The fourth-order valence-corrected chi connectivity index (χ4v) is 2.84. The third-order valence-corrected chi connectivity index (χ3v) is 3.65. The Morgan fingerprint density at radius 2 is 1.73 bits per heavy atom. The Balaban J connectivity index is 2.60. The molecular formula is C12H27N3. The lowest BCUT2D eigenvalue weighted by molar-refractivity contribution is 0.0796. The van der Waals surface area contributed by atoms with Crippen LogP contribution in [0.4, 0.5) is 0 Å². The number of hydrogen-bond acceptors (Lipinski definition) is 3. The van der Waals surface area contributed by atoms with Crippen molar-refractivity contribution in [3.8, 4) is 0 Å². The number of nitrogens with zero attached hydrogens (tertiary/aromatic N) is 2. The first-order valence-electron chi connectivity index (χ1n) is 6.31. The molecule has 1 aliphatic rings. The molecule has 0 saturated heterocycles. The van der Waals surface area contributed by atoms with Crippen molar-refractivity contribution in [2.24, 2.45) is 5.73 Å². The largest absolute Gasteiger partial charge is 0.329 e. The molecule has 0 aromatic carbocycles. The van der Waals surface area contributed by atoms with Gasteiger partial charge in [0.25, 0.3) is 0 Å². The average molecular weight is 213 g/mol. The first-order chi connectivity index (χ1) is 7.20. The molecule has 90 valence electrons. The molecule has 0 heterocycles. The molecule has 0 radical (unpaired) electrons. The number of rotatable bonds is 5. The van der Waals surface area contributed by atoms with Gasteiger partial charge in [-0.2, -0.15) is 0 Å². The Labute approximate surface area is 94.6 Å². The Kier molecular flexibility index (Phi) is 5.58. The topological polar surface area (TPSA) is 32.5 Å². The Morgan fingerprint density at radius 1 is 1.13 bits per heavy atom. The minimum Gasteiger partial charge on any atom is -0.329 e. The second kappa shape index (κ2) is 6.46. The summed E-state index contributed by atoms with van der Waals surface area (Å²) >= 11 is 0. The van der Waals surface area contributed by atoms with Crippen molar-refractivity contribution in [2.75, 3.05) is 33.7 Å². The normalized spacial score (nSPS) is 27.6. The van der Waals surface area contributed by atoms with Gasteiger partial charge in [-0.05, 0) is 33.5 Å². The summed E-state index contributed by atoms with van der Waals surface area (Å²) in [5.41, 5.74) is 5.68. The molecule has 15 heavy (non-hydrogen) atoms. The molecule has 0 aliphatic heterocycles. The van der Waals surface area contributed by atoms with Crippen LogP contribution in [0.2, 0.25) is 0 Å². The average Bonchev–Trinajstić information content (AvgIpc) is 2.26. The highest BCUT2D eigenvalue weighted by molar-refractivity contribution is 4.87. The maximum atomic E-state index is 5.68. The van der Waals surface area contributed by atoms with E-state index in [0.717, 1.165) is 31.7 Å². The molecule has 1 fully saturated rings. The molecule has 2 atom stereocenters. The van der Waals surface area contributed by atoms with Gasteiger partial charge < -0.3 is 10.6 Å². The first-order valence-corrected chi connectivity index (χ1v) is 6.31. The molecule has 2 N–H and O–H groups in total. The summed E-state index contributed by atoms with van der Waals surface area (Å²) in [6.07, 6.45) is 5.46. The predicted molar refractivity (Wildman–Crippen MR) is 66.0 cm³/mol. The smallest absolute Gasteiger partial charge is 0.0251 e. The van der Waals surface area contributed by atoms with Crippen LogP contribution in [0.1, 0.15) is 32.6 Å². The van der Waals surface area contributed by atoms with Gasteiger partial charge in [-0.15, -0.1) is 0 Å². The van der Waals surface area contributed by atoms with Gasteiger partial charge in [0.05, 0.1) is 0 Å². The Morgan fingerprint density at radius 3 is 2.20 bits per heavy atom. The molecule has 0 amide bonds. The first kappa shape index (κ1) is 12.9. The molecule has 0 aromatic rings. The van der Waals surface area contributed by atoms with Gasteiger partial charge in [-0.3, -0.25) is 4.90 Å². The van der Waals surface area contributed by atoms with Crippen LogP contribution in [0, 0.1) is 0 Å². The van der Waals surface area contributed by atoms with E-state index in [-0.39, 0.29) is 0 Å². The fraction of sp³-hybridized carbons (Fsp3) is 1.00. The molecule has 0 unspecified atom stereocenters. The number of hydrogen-bond donors (Lipinski definition) is 1. The van der Waals surface area contributed by atoms with Gasteiger partial charge >= 0.3 is 0 Å². The third-order valence-electron chi connectivity index (χ3n) is 3.65. The lowest BCUT2D eigenvalue weighted by Gasteiger charge is -2.42. The van der Waals surface area contributed by atoms with E-state index < -0.39 is 0 Å². The lowest BCUT2D eigenvalue weighted by Crippen LogP contribution is -2.52. The summed E-state index contributed by atoms with van der Waals surface area (Å²) in [6.45, 7) is 5.21. The summed E-state index contributed by atoms with van der Waals surface area (Å²) < 4.78 is 0. The Bertz CT molecular complexity index is 170. The lowest BCUT2D eigenvalue weighted by atomic mass is 9.88. The summed E-state index contributed by atoms with van der Waals surface area (Å²) in [6, 6.07) is 1.45. The van der Waals surface area contributed by atoms with Crippen LogP contribution in [0.5, 0.6) is 0 Å². The maximum Gasteiger partial charge on any atom is 0.0251 e. The van der Waals surface area contributed by atoms with Crippen molar-refractivity contribution in [1.82, 2.24) is 9.80 Å². The maximum absolute atomic E-state index is 5.68. The van der Waals surface area contributed by atoms with E-state index in [2.05, 4.69) is 30.8 Å². The van der Waals surface area contributed by atoms with E-state index >= 15 is 0 Å². The van der Waals surface area contributed by atoms with E-state index in [1.807, 2.05) is 0 Å². The van der Waals surface area contributed by atoms with Crippen LogP contribution in [-0.2, 0) is 0 Å². The highest BCUT2D eigenvalue weighted by Crippen LogP contribution is 2.25. The van der Waals surface area contributed by atoms with Gasteiger partial charge in [-0.25, -0.2) is 0 Å². The minimum absolute atomic E-state index is 0.724. The second-order valence-electron chi connectivity index (χ2n) is 4.80. The molecule has 0 aromatic heterocycles. The van der Waals surface area contributed by atoms with Gasteiger partial charge in [0, 0.05) is 25.2 Å². The quantitative estimate of drug-likeness (QED) is 0.743. The summed E-state index contributed by atoms with van der Waals surface area (Å²) in [7, 11) is 4.42. The molecular weight excluding hydrogens is 186 g/mol. The molecule has 3 nitrogen and oxygen atoms in total. The highest BCUT2D eigenvalue weighted by atomic mass is 15.2. The minimum atomic E-state index is 0.724. The van der Waals surface area contributed by atoms with Crippen LogP contribution >= 0.6 is 0 Å². The van der Waals surface area contributed by atoms with Gasteiger partial charge in [0.1, 0.15) is 0 Å². The van der Waals surface area contributed by atoms with Crippen molar-refractivity contribution < 1.29 is 0 Å². The van der Waals surface area contributed by atoms with Crippen LogP contribution in [0.15, 0.2) is 0 Å². The summed E-state index contributed by atoms with van der Waals surface area (Å²) in [5.74, 6) is 0. The van der Waals surface area contributed by atoms with Crippen molar-refractivity contribution in [3.63, 3.8) is 0 Å². The molecule has 1 rings (SSSR count). The Hall–Kier alpha value is -0.120. The predicted octanol–water partition coefficient (Wildman–Crippen LogP) is 1.14. The van der Waals surface area contributed by atoms with Crippen LogP contribution < -0.4 is 5.73 Å². The van der Waals surface area contributed by atoms with Gasteiger partial charge in [0.15, 0.2) is 0 Å². The second-order valence-corrected chi connectivity index (χ2v) is 4.80. The molecule has 1 saturated carbocycles. The molecule has 3 heteroatoms. The zero-order valence-corrected chi connectivity index (χ0v) is 10.6. The number of likely N-dealkylation sites (N-methyl/N-ethyl adjacent to an activating group) is 2. The van der Waals surface area contributed by atoms with Crippen LogP contribution in [0.3, 0.4) is 0 Å². The third kappa shape index (κ3) is 3.44.